The molecule has 0 aliphatic carbocycles. The topological polar surface area (TPSA) is 152 Å². The molecule has 3 N–H and O–H groups in total. The van der Waals surface area contributed by atoms with E-state index < -0.39 is 5.97 Å². The predicted molar refractivity (Wildman–Crippen MR) is 247 cm³/mol. The van der Waals surface area contributed by atoms with Crippen LogP contribution in [-0.4, -0.2) is 134 Å². The molecule has 10 heterocycles. The first-order chi connectivity index (χ1) is 32.0. The number of carboxylic acid groups (broad SMARTS) is 1. The summed E-state index contributed by atoms with van der Waals surface area (Å²) in [6, 6.07) is 18.2. The quantitative estimate of drug-likeness (QED) is 0.212. The Balaban J connectivity index is 0.000000142. The SMILES string of the molecule is NCCN1CCOCC1.O=C(COC1C[C@@H]2CCCN3CCc4c(n1c1ccccc41)[C@@H]23)NCCC1CCOCC1.O=C([O-])COC1C[C@@H]2CCCN3CCc4c(n1c1ccccc41)[C@@H]23.[Na+]. The smallest absolute Gasteiger partial charge is 0.548 e. The van der Waals surface area contributed by atoms with Crippen LogP contribution in [0.5, 0.6) is 0 Å². The number of morpholine rings is 1. The van der Waals surface area contributed by atoms with Crippen molar-refractivity contribution in [3.63, 3.8) is 0 Å². The van der Waals surface area contributed by atoms with Gasteiger partial charge < -0.3 is 49.0 Å². The minimum absolute atomic E-state index is 0. The minimum Gasteiger partial charge on any atom is -0.548 e. The maximum atomic E-state index is 12.6. The van der Waals surface area contributed by atoms with E-state index in [-0.39, 0.29) is 61.1 Å². The number of carbonyl (C=O) groups excluding carboxylic acids is 2. The summed E-state index contributed by atoms with van der Waals surface area (Å²) in [5.74, 6) is 0.720. The molecule has 4 fully saturated rings. The van der Waals surface area contributed by atoms with Gasteiger partial charge in [0.05, 0.1) is 48.9 Å². The molecule has 6 atom stereocenters. The number of carboxylic acids is 1. The third kappa shape index (κ3) is 10.1. The maximum Gasteiger partial charge on any atom is 1.00 e. The van der Waals surface area contributed by atoms with Crippen molar-refractivity contribution in [3.8, 4) is 0 Å². The van der Waals surface area contributed by atoms with Crippen molar-refractivity contribution in [2.75, 3.05) is 98.5 Å². The van der Waals surface area contributed by atoms with Gasteiger partial charge in [-0.05, 0) is 125 Å². The van der Waals surface area contributed by atoms with Gasteiger partial charge in [0.1, 0.15) is 19.1 Å². The van der Waals surface area contributed by atoms with Crippen molar-refractivity contribution in [1.82, 2.24) is 29.2 Å². The zero-order valence-corrected chi connectivity index (χ0v) is 41.2. The Kier molecular flexibility index (Phi) is 16.3. The summed E-state index contributed by atoms with van der Waals surface area (Å²) in [7, 11) is 0. The number of benzene rings is 2. The number of carbonyl (C=O) groups is 2. The van der Waals surface area contributed by atoms with E-state index in [2.05, 4.69) is 77.7 Å². The van der Waals surface area contributed by atoms with Crippen LogP contribution in [0.15, 0.2) is 48.5 Å². The van der Waals surface area contributed by atoms with E-state index in [1.54, 1.807) is 0 Å². The number of amides is 1. The van der Waals surface area contributed by atoms with Gasteiger partial charge in [-0.15, -0.1) is 0 Å². The summed E-state index contributed by atoms with van der Waals surface area (Å²) in [5.41, 5.74) is 13.6. The second kappa shape index (κ2) is 22.3. The number of para-hydroxylation sites is 2. The van der Waals surface area contributed by atoms with Gasteiger partial charge in [0.2, 0.25) is 5.91 Å². The number of hydrogen-bond acceptors (Lipinski definition) is 11. The largest absolute Gasteiger partial charge is 1.00 e. The van der Waals surface area contributed by atoms with Crippen LogP contribution in [0.2, 0.25) is 0 Å². The van der Waals surface area contributed by atoms with Gasteiger partial charge >= 0.3 is 29.6 Å². The van der Waals surface area contributed by atoms with E-state index in [9.17, 15) is 14.7 Å². The molecular formula is C51H70N7NaO7. The number of ether oxygens (including phenoxy) is 4. The average Bonchev–Trinajstić information content (AvgIpc) is 3.87. The molecule has 352 valence electrons. The van der Waals surface area contributed by atoms with Crippen LogP contribution >= 0.6 is 0 Å². The Morgan fingerprint density at radius 1 is 0.697 bits per heavy atom. The molecule has 15 heteroatoms. The van der Waals surface area contributed by atoms with Crippen molar-refractivity contribution in [3.05, 3.63) is 71.0 Å². The van der Waals surface area contributed by atoms with Crippen molar-refractivity contribution < 1.29 is 63.2 Å². The molecule has 8 aliphatic rings. The normalized spacial score (nSPS) is 27.0. The minimum atomic E-state index is -1.15. The molecular weight excluding hydrogens is 846 g/mol. The van der Waals surface area contributed by atoms with Gasteiger partial charge in [0.25, 0.3) is 0 Å². The van der Waals surface area contributed by atoms with Crippen molar-refractivity contribution in [2.45, 2.75) is 95.2 Å². The first-order valence-electron chi connectivity index (χ1n) is 25.0. The summed E-state index contributed by atoms with van der Waals surface area (Å²) in [6.07, 6.45) is 12.0. The summed E-state index contributed by atoms with van der Waals surface area (Å²) in [4.78, 5) is 31.1. The molecule has 8 aliphatic heterocycles. The van der Waals surface area contributed by atoms with E-state index in [0.29, 0.717) is 29.8 Å². The molecule has 0 spiro atoms. The van der Waals surface area contributed by atoms with E-state index in [1.165, 1.54) is 89.6 Å². The van der Waals surface area contributed by atoms with Gasteiger partial charge in [-0.25, -0.2) is 0 Å². The van der Waals surface area contributed by atoms with Crippen molar-refractivity contribution in [2.24, 2.45) is 23.5 Å². The number of fused-ring (bicyclic) bond motifs is 6. The fraction of sp³-hybridized carbons (Fsp3) is 0.647. The molecule has 0 radical (unpaired) electrons. The molecule has 2 aromatic heterocycles. The first kappa shape index (κ1) is 48.2. The molecule has 66 heavy (non-hydrogen) atoms. The Labute approximate surface area is 412 Å². The molecule has 4 aromatic rings. The summed E-state index contributed by atoms with van der Waals surface area (Å²) in [6.45, 7) is 12.6. The van der Waals surface area contributed by atoms with E-state index in [1.807, 2.05) is 0 Å². The van der Waals surface area contributed by atoms with Gasteiger partial charge in [-0.1, -0.05) is 36.4 Å². The third-order valence-electron chi connectivity index (χ3n) is 15.8. The van der Waals surface area contributed by atoms with Crippen molar-refractivity contribution >= 4 is 33.7 Å². The Bertz CT molecular complexity index is 2270. The molecule has 1 amide bonds. The number of piperidine rings is 2. The second-order valence-electron chi connectivity index (χ2n) is 19.6. The van der Waals surface area contributed by atoms with Gasteiger partial charge in [0, 0.05) is 81.2 Å². The number of hydrogen-bond donors (Lipinski definition) is 2. The van der Waals surface area contributed by atoms with Crippen LogP contribution in [0.25, 0.3) is 21.8 Å². The van der Waals surface area contributed by atoms with Gasteiger partial charge in [-0.2, -0.15) is 0 Å². The number of nitrogens with two attached hydrogens (primary N) is 1. The van der Waals surface area contributed by atoms with Gasteiger partial charge in [-0.3, -0.25) is 19.5 Å². The zero-order valence-electron chi connectivity index (χ0n) is 39.2. The zero-order chi connectivity index (χ0) is 44.3. The fourth-order valence-electron chi connectivity index (χ4n) is 13.0. The van der Waals surface area contributed by atoms with Crippen LogP contribution in [0.3, 0.4) is 0 Å². The van der Waals surface area contributed by atoms with E-state index >= 15 is 0 Å². The molecule has 0 saturated carbocycles. The molecule has 2 unspecified atom stereocenters. The number of aliphatic carboxylic acids is 1. The average molecular weight is 916 g/mol. The predicted octanol–water partition coefficient (Wildman–Crippen LogP) is 1.70. The second-order valence-corrected chi connectivity index (χ2v) is 19.6. The number of rotatable bonds is 11. The Hall–Kier alpha value is -2.86. The maximum absolute atomic E-state index is 12.6. The Morgan fingerprint density at radius 2 is 1.23 bits per heavy atom. The van der Waals surface area contributed by atoms with Gasteiger partial charge in [0.15, 0.2) is 0 Å². The number of nitrogens with zero attached hydrogens (tertiary/aromatic N) is 5. The molecule has 2 aromatic carbocycles. The molecule has 14 nitrogen and oxygen atoms in total. The number of nitrogens with one attached hydrogen (secondary N) is 1. The van der Waals surface area contributed by atoms with E-state index in [0.717, 1.165) is 111 Å². The monoisotopic (exact) mass is 916 g/mol. The Morgan fingerprint density at radius 3 is 1.77 bits per heavy atom. The fourth-order valence-corrected chi connectivity index (χ4v) is 13.0. The van der Waals surface area contributed by atoms with Crippen LogP contribution in [0, 0.1) is 17.8 Å². The van der Waals surface area contributed by atoms with Crippen LogP contribution in [-0.2, 0) is 41.4 Å². The van der Waals surface area contributed by atoms with Crippen LogP contribution in [0.1, 0.15) is 105 Å². The first-order valence-corrected chi connectivity index (χ1v) is 25.0. The summed E-state index contributed by atoms with van der Waals surface area (Å²) >= 11 is 0. The summed E-state index contributed by atoms with van der Waals surface area (Å²) in [5, 5.41) is 16.7. The molecule has 12 rings (SSSR count). The molecule has 4 saturated heterocycles. The molecule has 0 bridgehead atoms. The van der Waals surface area contributed by atoms with Crippen molar-refractivity contribution in [1.29, 1.82) is 0 Å². The van der Waals surface area contributed by atoms with Crippen LogP contribution < -0.4 is 45.7 Å². The third-order valence-corrected chi connectivity index (χ3v) is 15.8. The van der Waals surface area contributed by atoms with Crippen LogP contribution in [0.4, 0.5) is 0 Å². The number of aromatic nitrogens is 2. The standard InChI is InChI=1S/C26H35N3O3.C19H22N2O3.C6H14N2O.Na/c30-23(27-11-7-18-9-14-31-15-10-18)17-32-24-16-19-4-3-12-28-13-8-21-20-5-1-2-6-22(20)29(24)26(21)25(19)28;22-17(23)11-24-16-10-12-4-3-8-20-9-7-14-13-5-1-2-6-15(13)21(16)19(14)18(12)20;7-1-2-8-3-5-9-6-4-8;/h1-2,5-6,18-19,24-25H,3-4,7-17H2,(H,27,30);1-2,5-6,12,16,18H,3-4,7-11H2,(H,22,23);1-7H2;/q;;;+1/p-1/t19-,24?,25+;12-,16?,18+;;/m00../s1. The van der Waals surface area contributed by atoms with E-state index in [4.69, 9.17) is 24.7 Å². The summed E-state index contributed by atoms with van der Waals surface area (Å²) < 4.78 is 27.5.